The minimum atomic E-state index is -0.300. The van der Waals surface area contributed by atoms with Crippen LogP contribution in [-0.2, 0) is 6.54 Å². The highest BCUT2D eigenvalue weighted by Gasteiger charge is 2.18. The van der Waals surface area contributed by atoms with Crippen molar-refractivity contribution in [3.63, 3.8) is 0 Å². The van der Waals surface area contributed by atoms with Gasteiger partial charge in [0, 0.05) is 6.54 Å². The molecule has 0 fully saturated rings. The van der Waals surface area contributed by atoms with E-state index in [2.05, 4.69) is 22.1 Å². The molecule has 0 spiro atoms. The van der Waals surface area contributed by atoms with Crippen molar-refractivity contribution >= 4 is 18.1 Å². The zero-order valence-electron chi connectivity index (χ0n) is 10.4. The number of nitrogens with zero attached hydrogens (tertiary/aromatic N) is 2. The van der Waals surface area contributed by atoms with E-state index in [4.69, 9.17) is 16.6 Å². The van der Waals surface area contributed by atoms with Gasteiger partial charge in [0.15, 0.2) is 16.4 Å². The molecule has 100 valence electrons. The molecule has 0 aliphatic rings. The summed E-state index contributed by atoms with van der Waals surface area (Å²) in [4.78, 5) is 11.9. The van der Waals surface area contributed by atoms with Gasteiger partial charge in [-0.25, -0.2) is 0 Å². The third-order valence-electron chi connectivity index (χ3n) is 2.58. The third-order valence-corrected chi connectivity index (χ3v) is 2.89. The molecule has 1 amide bonds. The molecule has 2 aromatic heterocycles. The lowest BCUT2D eigenvalue weighted by Crippen LogP contribution is -2.28. The second kappa shape index (κ2) is 5.66. The minimum absolute atomic E-state index is 0.260. The summed E-state index contributed by atoms with van der Waals surface area (Å²) >= 11 is 5.12. The van der Waals surface area contributed by atoms with E-state index in [-0.39, 0.29) is 17.7 Å². The molecular weight excluding hydrogens is 264 g/mol. The zero-order valence-corrected chi connectivity index (χ0v) is 11.2. The van der Waals surface area contributed by atoms with E-state index in [1.54, 1.807) is 22.8 Å². The standard InChI is InChI=1S/C12H14N4O2S/c1-3-6-16-10(14-15-12(16)19)8(2)13-11(17)9-5-4-7-18-9/h3-5,7-8H,1,6H2,2H3,(H,13,17)(H,15,19)/t8-/m0/s1. The number of nitrogens with one attached hydrogen (secondary N) is 2. The van der Waals surface area contributed by atoms with Gasteiger partial charge in [0.1, 0.15) is 0 Å². The van der Waals surface area contributed by atoms with Crippen LogP contribution in [0.25, 0.3) is 0 Å². The Labute approximate surface area is 115 Å². The number of hydrogen-bond donors (Lipinski definition) is 2. The fourth-order valence-electron chi connectivity index (χ4n) is 1.71. The van der Waals surface area contributed by atoms with Crippen molar-refractivity contribution in [1.29, 1.82) is 0 Å². The number of amides is 1. The van der Waals surface area contributed by atoms with Crippen LogP contribution in [0.4, 0.5) is 0 Å². The fourth-order valence-corrected chi connectivity index (χ4v) is 1.92. The van der Waals surface area contributed by atoms with Crippen LogP contribution < -0.4 is 5.32 Å². The molecule has 2 heterocycles. The maximum absolute atomic E-state index is 11.9. The second-order valence-electron chi connectivity index (χ2n) is 3.96. The van der Waals surface area contributed by atoms with Crippen LogP contribution in [0.15, 0.2) is 35.5 Å². The Balaban J connectivity index is 2.16. The van der Waals surface area contributed by atoms with Crippen LogP contribution in [0.5, 0.6) is 0 Å². The maximum atomic E-state index is 11.9. The van der Waals surface area contributed by atoms with Gasteiger partial charge < -0.3 is 9.73 Å². The average molecular weight is 278 g/mol. The molecule has 0 aromatic carbocycles. The number of hydrogen-bond acceptors (Lipinski definition) is 4. The lowest BCUT2D eigenvalue weighted by molar-refractivity contribution is 0.0909. The lowest BCUT2D eigenvalue weighted by atomic mass is 10.3. The number of carbonyl (C=O) groups is 1. The van der Waals surface area contributed by atoms with Crippen molar-refractivity contribution in [3.8, 4) is 0 Å². The number of furan rings is 1. The number of aromatic amines is 1. The molecule has 0 saturated carbocycles. The topological polar surface area (TPSA) is 75.8 Å². The Bertz CT molecular complexity index is 626. The van der Waals surface area contributed by atoms with Crippen molar-refractivity contribution in [3.05, 3.63) is 47.4 Å². The number of aromatic nitrogens is 3. The van der Waals surface area contributed by atoms with E-state index < -0.39 is 0 Å². The summed E-state index contributed by atoms with van der Waals surface area (Å²) in [7, 11) is 0. The van der Waals surface area contributed by atoms with Crippen molar-refractivity contribution in [2.75, 3.05) is 0 Å². The van der Waals surface area contributed by atoms with Crippen LogP contribution >= 0.6 is 12.2 Å². The van der Waals surface area contributed by atoms with Gasteiger partial charge in [-0.15, -0.1) is 6.58 Å². The molecule has 2 aromatic rings. The predicted octanol–water partition coefficient (Wildman–Crippen LogP) is 2.21. The van der Waals surface area contributed by atoms with Crippen LogP contribution in [0, 0.1) is 4.77 Å². The first-order valence-electron chi connectivity index (χ1n) is 5.74. The summed E-state index contributed by atoms with van der Waals surface area (Å²) in [6, 6.07) is 2.96. The predicted molar refractivity (Wildman–Crippen MR) is 72.2 cm³/mol. The number of carbonyl (C=O) groups excluding carboxylic acids is 1. The van der Waals surface area contributed by atoms with Crippen molar-refractivity contribution < 1.29 is 9.21 Å². The van der Waals surface area contributed by atoms with Gasteiger partial charge >= 0.3 is 0 Å². The highest BCUT2D eigenvalue weighted by atomic mass is 32.1. The van der Waals surface area contributed by atoms with E-state index in [0.717, 1.165) is 0 Å². The first-order valence-corrected chi connectivity index (χ1v) is 6.14. The maximum Gasteiger partial charge on any atom is 0.287 e. The van der Waals surface area contributed by atoms with Gasteiger partial charge in [-0.2, -0.15) is 5.10 Å². The van der Waals surface area contributed by atoms with Crippen LogP contribution in [-0.4, -0.2) is 20.7 Å². The van der Waals surface area contributed by atoms with Crippen LogP contribution in [0.1, 0.15) is 29.3 Å². The highest BCUT2D eigenvalue weighted by molar-refractivity contribution is 7.71. The smallest absolute Gasteiger partial charge is 0.287 e. The van der Waals surface area contributed by atoms with Crippen molar-refractivity contribution in [1.82, 2.24) is 20.1 Å². The summed E-state index contributed by atoms with van der Waals surface area (Å²) in [5, 5.41) is 9.62. The summed E-state index contributed by atoms with van der Waals surface area (Å²) in [5.41, 5.74) is 0. The highest BCUT2D eigenvalue weighted by Crippen LogP contribution is 2.11. The Morgan fingerprint density at radius 1 is 1.79 bits per heavy atom. The Hall–Kier alpha value is -2.15. The molecule has 6 nitrogen and oxygen atoms in total. The molecule has 0 unspecified atom stereocenters. The normalized spacial score (nSPS) is 12.1. The molecule has 0 aliphatic heterocycles. The summed E-state index contributed by atoms with van der Waals surface area (Å²) in [6.45, 7) is 6.03. The third kappa shape index (κ3) is 2.82. The van der Waals surface area contributed by atoms with Crippen molar-refractivity contribution in [2.45, 2.75) is 19.5 Å². The largest absolute Gasteiger partial charge is 0.459 e. The zero-order chi connectivity index (χ0) is 13.8. The van der Waals surface area contributed by atoms with E-state index in [9.17, 15) is 4.79 Å². The molecule has 7 heteroatoms. The van der Waals surface area contributed by atoms with Crippen LogP contribution in [0.3, 0.4) is 0 Å². The Kier molecular flexibility index (Phi) is 3.96. The monoisotopic (exact) mass is 278 g/mol. The van der Waals surface area contributed by atoms with Crippen LogP contribution in [0.2, 0.25) is 0 Å². The fraction of sp³-hybridized carbons (Fsp3) is 0.250. The Morgan fingerprint density at radius 3 is 3.21 bits per heavy atom. The SMILES string of the molecule is C=CCn1c([C@H](C)NC(=O)c2ccco2)n[nH]c1=S. The van der Waals surface area contributed by atoms with E-state index in [0.29, 0.717) is 17.1 Å². The molecule has 0 radical (unpaired) electrons. The average Bonchev–Trinajstić information content (AvgIpc) is 3.01. The molecule has 2 N–H and O–H groups in total. The quantitative estimate of drug-likeness (QED) is 0.649. The summed E-state index contributed by atoms with van der Waals surface area (Å²) in [5.74, 6) is 0.609. The number of allylic oxidation sites excluding steroid dienone is 1. The molecule has 2 rings (SSSR count). The molecule has 19 heavy (non-hydrogen) atoms. The molecule has 1 atom stereocenters. The minimum Gasteiger partial charge on any atom is -0.459 e. The Morgan fingerprint density at radius 2 is 2.58 bits per heavy atom. The van der Waals surface area contributed by atoms with Gasteiger partial charge in [0.2, 0.25) is 0 Å². The first kappa shape index (κ1) is 13.3. The van der Waals surface area contributed by atoms with Gasteiger partial charge in [-0.3, -0.25) is 14.5 Å². The van der Waals surface area contributed by atoms with Gasteiger partial charge in [-0.05, 0) is 31.3 Å². The summed E-state index contributed by atoms with van der Waals surface area (Å²) < 4.78 is 7.30. The lowest BCUT2D eigenvalue weighted by Gasteiger charge is -2.13. The number of H-pyrrole nitrogens is 1. The van der Waals surface area contributed by atoms with Gasteiger partial charge in [0.25, 0.3) is 5.91 Å². The molecule has 0 bridgehead atoms. The van der Waals surface area contributed by atoms with E-state index in [1.807, 2.05) is 6.92 Å². The van der Waals surface area contributed by atoms with E-state index in [1.165, 1.54) is 6.26 Å². The van der Waals surface area contributed by atoms with Crippen molar-refractivity contribution in [2.24, 2.45) is 0 Å². The van der Waals surface area contributed by atoms with Gasteiger partial charge in [0.05, 0.1) is 12.3 Å². The second-order valence-corrected chi connectivity index (χ2v) is 4.35. The van der Waals surface area contributed by atoms with Gasteiger partial charge in [-0.1, -0.05) is 6.08 Å². The van der Waals surface area contributed by atoms with E-state index >= 15 is 0 Å². The summed E-state index contributed by atoms with van der Waals surface area (Å²) in [6.07, 6.45) is 3.17. The number of rotatable bonds is 5. The molecule has 0 saturated heterocycles. The first-order chi connectivity index (χ1) is 9.13. The molecular formula is C12H14N4O2S. The molecule has 0 aliphatic carbocycles.